The highest BCUT2D eigenvalue weighted by atomic mass is 79.9. The average molecular weight is 384 g/mol. The normalized spacial score (nSPS) is 12.2. The Bertz CT molecular complexity index is 570. The lowest BCUT2D eigenvalue weighted by Gasteiger charge is -2.20. The van der Waals surface area contributed by atoms with Crippen molar-refractivity contribution in [1.29, 1.82) is 0 Å². The van der Waals surface area contributed by atoms with Crippen LogP contribution in [0.25, 0.3) is 0 Å². The molecule has 2 aromatic rings. The number of nitrogens with two attached hydrogens (primary N) is 1. The summed E-state index contributed by atoms with van der Waals surface area (Å²) < 4.78 is 2.11. The molecule has 2 rings (SSSR count). The lowest BCUT2D eigenvalue weighted by Crippen LogP contribution is -2.20. The largest absolute Gasteiger partial charge is 0.376 e. The molecule has 0 aliphatic carbocycles. The van der Waals surface area contributed by atoms with E-state index in [0.29, 0.717) is 6.54 Å². The van der Waals surface area contributed by atoms with Crippen molar-refractivity contribution < 1.29 is 0 Å². The molecule has 0 heterocycles. The van der Waals surface area contributed by atoms with Crippen LogP contribution in [0, 0.1) is 6.92 Å². The van der Waals surface area contributed by atoms with Gasteiger partial charge in [-0.1, -0.05) is 34.1 Å². The lowest BCUT2D eigenvalue weighted by atomic mass is 10.1. The fourth-order valence-electron chi connectivity index (χ4n) is 1.94. The predicted octanol–water partition coefficient (Wildman–Crippen LogP) is 4.63. The van der Waals surface area contributed by atoms with E-state index in [1.165, 1.54) is 11.1 Å². The van der Waals surface area contributed by atoms with E-state index in [2.05, 4.69) is 68.4 Å². The zero-order valence-corrected chi connectivity index (χ0v) is 13.8. The van der Waals surface area contributed by atoms with Crippen LogP contribution in [0.4, 0.5) is 5.69 Å². The molecule has 0 spiro atoms. The van der Waals surface area contributed by atoms with E-state index in [-0.39, 0.29) is 6.04 Å². The van der Waals surface area contributed by atoms with Gasteiger partial charge in [-0.3, -0.25) is 0 Å². The number of rotatable bonds is 4. The Morgan fingerprint density at radius 2 is 1.95 bits per heavy atom. The Hall–Kier alpha value is -0.840. The van der Waals surface area contributed by atoms with E-state index in [0.717, 1.165) is 14.6 Å². The third-order valence-corrected chi connectivity index (χ3v) is 4.12. The van der Waals surface area contributed by atoms with Crippen molar-refractivity contribution in [2.75, 3.05) is 11.9 Å². The van der Waals surface area contributed by atoms with Crippen LogP contribution in [-0.4, -0.2) is 6.54 Å². The zero-order chi connectivity index (χ0) is 13.8. The van der Waals surface area contributed by atoms with E-state index in [1.807, 2.05) is 18.2 Å². The molecular formula is C15H16Br2N2. The number of hydrogen-bond acceptors (Lipinski definition) is 2. The van der Waals surface area contributed by atoms with Crippen molar-refractivity contribution >= 4 is 37.5 Å². The zero-order valence-electron chi connectivity index (χ0n) is 10.7. The number of aryl methyl sites for hydroxylation is 1. The summed E-state index contributed by atoms with van der Waals surface area (Å²) in [5, 5.41) is 3.49. The fraction of sp³-hybridized carbons (Fsp3) is 0.200. The van der Waals surface area contributed by atoms with Crippen LogP contribution in [0.3, 0.4) is 0 Å². The Kier molecular flexibility index (Phi) is 5.02. The summed E-state index contributed by atoms with van der Waals surface area (Å²) in [5.41, 5.74) is 9.35. The maximum Gasteiger partial charge on any atom is 0.0636 e. The number of hydrogen-bond donors (Lipinski definition) is 2. The van der Waals surface area contributed by atoms with Crippen LogP contribution in [0.5, 0.6) is 0 Å². The first kappa shape index (κ1) is 14.6. The third-order valence-electron chi connectivity index (χ3n) is 2.94. The van der Waals surface area contributed by atoms with E-state index in [4.69, 9.17) is 5.73 Å². The van der Waals surface area contributed by atoms with Gasteiger partial charge in [0.2, 0.25) is 0 Å². The molecule has 0 amide bonds. The minimum absolute atomic E-state index is 0.0931. The van der Waals surface area contributed by atoms with Crippen molar-refractivity contribution in [3.8, 4) is 0 Å². The van der Waals surface area contributed by atoms with Gasteiger partial charge in [-0.15, -0.1) is 0 Å². The maximum atomic E-state index is 5.90. The van der Waals surface area contributed by atoms with Gasteiger partial charge in [0.25, 0.3) is 0 Å². The highest BCUT2D eigenvalue weighted by Crippen LogP contribution is 2.28. The number of benzene rings is 2. The first-order valence-electron chi connectivity index (χ1n) is 6.08. The van der Waals surface area contributed by atoms with Gasteiger partial charge >= 0.3 is 0 Å². The minimum atomic E-state index is 0.0931. The van der Waals surface area contributed by atoms with Crippen LogP contribution >= 0.6 is 31.9 Å². The molecule has 2 aromatic carbocycles. The standard InChI is InChI=1S/C15H16Br2N2/c1-10-5-6-13(17)14(7-10)19-15(9-18)11-3-2-4-12(16)8-11/h2-8,15,19H,9,18H2,1H3. The third kappa shape index (κ3) is 3.81. The van der Waals surface area contributed by atoms with Gasteiger partial charge in [-0.25, -0.2) is 0 Å². The van der Waals surface area contributed by atoms with Crippen LogP contribution in [0.15, 0.2) is 51.4 Å². The molecular weight excluding hydrogens is 368 g/mol. The van der Waals surface area contributed by atoms with E-state index < -0.39 is 0 Å². The fourth-order valence-corrected chi connectivity index (χ4v) is 2.72. The average Bonchev–Trinajstić information content (AvgIpc) is 2.39. The molecule has 19 heavy (non-hydrogen) atoms. The molecule has 0 aliphatic heterocycles. The van der Waals surface area contributed by atoms with Gasteiger partial charge in [-0.2, -0.15) is 0 Å². The second-order valence-corrected chi connectivity index (χ2v) is 6.24. The van der Waals surface area contributed by atoms with Crippen molar-refractivity contribution in [1.82, 2.24) is 0 Å². The van der Waals surface area contributed by atoms with Crippen molar-refractivity contribution in [2.45, 2.75) is 13.0 Å². The molecule has 0 bridgehead atoms. The molecule has 0 aromatic heterocycles. The summed E-state index contributed by atoms with van der Waals surface area (Å²) in [6, 6.07) is 14.5. The minimum Gasteiger partial charge on any atom is -0.376 e. The van der Waals surface area contributed by atoms with Crippen molar-refractivity contribution in [2.24, 2.45) is 5.73 Å². The van der Waals surface area contributed by atoms with Gasteiger partial charge in [0, 0.05) is 21.2 Å². The Morgan fingerprint density at radius 1 is 1.16 bits per heavy atom. The molecule has 0 radical (unpaired) electrons. The highest BCUT2D eigenvalue weighted by Gasteiger charge is 2.11. The molecule has 3 N–H and O–H groups in total. The predicted molar refractivity (Wildman–Crippen MR) is 88.4 cm³/mol. The molecule has 0 fully saturated rings. The van der Waals surface area contributed by atoms with E-state index >= 15 is 0 Å². The Balaban J connectivity index is 2.26. The Labute approximate surface area is 130 Å². The monoisotopic (exact) mass is 382 g/mol. The molecule has 1 unspecified atom stereocenters. The highest BCUT2D eigenvalue weighted by molar-refractivity contribution is 9.10. The van der Waals surface area contributed by atoms with Gasteiger partial charge in [0.05, 0.1) is 6.04 Å². The first-order valence-corrected chi connectivity index (χ1v) is 7.67. The first-order chi connectivity index (χ1) is 9.10. The summed E-state index contributed by atoms with van der Waals surface area (Å²) in [6.07, 6.45) is 0. The number of halogens is 2. The maximum absolute atomic E-state index is 5.90. The van der Waals surface area contributed by atoms with Crippen molar-refractivity contribution in [3.63, 3.8) is 0 Å². The van der Waals surface area contributed by atoms with Crippen LogP contribution in [-0.2, 0) is 0 Å². The summed E-state index contributed by atoms with van der Waals surface area (Å²) in [5.74, 6) is 0. The molecule has 0 saturated carbocycles. The topological polar surface area (TPSA) is 38.0 Å². The van der Waals surface area contributed by atoms with Crippen LogP contribution < -0.4 is 11.1 Å². The number of anilines is 1. The Morgan fingerprint density at radius 3 is 2.63 bits per heavy atom. The van der Waals surface area contributed by atoms with E-state index in [1.54, 1.807) is 0 Å². The van der Waals surface area contributed by atoms with Gasteiger partial charge in [0.15, 0.2) is 0 Å². The van der Waals surface area contributed by atoms with E-state index in [9.17, 15) is 0 Å². The smallest absolute Gasteiger partial charge is 0.0636 e. The molecule has 0 aliphatic rings. The van der Waals surface area contributed by atoms with Gasteiger partial charge < -0.3 is 11.1 Å². The number of nitrogens with one attached hydrogen (secondary N) is 1. The van der Waals surface area contributed by atoms with Crippen LogP contribution in [0.2, 0.25) is 0 Å². The van der Waals surface area contributed by atoms with Crippen molar-refractivity contribution in [3.05, 3.63) is 62.5 Å². The summed E-state index contributed by atoms with van der Waals surface area (Å²) in [7, 11) is 0. The summed E-state index contributed by atoms with van der Waals surface area (Å²) in [6.45, 7) is 2.62. The van der Waals surface area contributed by atoms with Gasteiger partial charge in [0.1, 0.15) is 0 Å². The molecule has 100 valence electrons. The molecule has 0 saturated heterocycles. The quantitative estimate of drug-likeness (QED) is 0.807. The molecule has 1 atom stereocenters. The second kappa shape index (κ2) is 6.55. The SMILES string of the molecule is Cc1ccc(Br)c(NC(CN)c2cccc(Br)c2)c1. The summed E-state index contributed by atoms with van der Waals surface area (Å²) in [4.78, 5) is 0. The lowest BCUT2D eigenvalue weighted by molar-refractivity contribution is 0.788. The van der Waals surface area contributed by atoms with Crippen LogP contribution in [0.1, 0.15) is 17.2 Å². The molecule has 2 nitrogen and oxygen atoms in total. The molecule has 4 heteroatoms. The second-order valence-electron chi connectivity index (χ2n) is 4.47. The van der Waals surface area contributed by atoms with Gasteiger partial charge in [-0.05, 0) is 58.2 Å². The summed E-state index contributed by atoms with van der Waals surface area (Å²) >= 11 is 7.06.